The number of hydrogen-bond acceptors (Lipinski definition) is 8. The molecule has 2 aliphatic heterocycles. The molecule has 1 amide bonds. The van der Waals surface area contributed by atoms with Crippen LogP contribution in [0, 0.1) is 11.8 Å². The standard InChI is InChI=1S/C27H28N8O2/c1-16-24(33-37-25(16)19-9-12-34(3)26(19)36)22-6-4-5-20(31-22)21-7-10-29-27(32-21)30-17(2)18-8-13-35-14-11-28-23(35)15-18/h4-8,10-11,13-17,19,25H,9,12H2,1-3H3,(H,29,30,32)/t16?,17-,19-,25?/m0/s1. The maximum Gasteiger partial charge on any atom is 0.229 e. The minimum absolute atomic E-state index is 0.0173. The van der Waals surface area contributed by atoms with Gasteiger partial charge in [-0.05, 0) is 49.2 Å². The smallest absolute Gasteiger partial charge is 0.229 e. The Bertz CT molecular complexity index is 1500. The zero-order valence-corrected chi connectivity index (χ0v) is 20.9. The van der Waals surface area contributed by atoms with E-state index < -0.39 is 0 Å². The monoisotopic (exact) mass is 496 g/mol. The number of carbonyl (C=O) groups excluding carboxylic acids is 1. The lowest BCUT2D eigenvalue weighted by molar-refractivity contribution is -0.134. The van der Waals surface area contributed by atoms with Gasteiger partial charge in [-0.15, -0.1) is 0 Å². The summed E-state index contributed by atoms with van der Waals surface area (Å²) in [6.45, 7) is 4.86. The zero-order valence-electron chi connectivity index (χ0n) is 20.9. The third-order valence-corrected chi connectivity index (χ3v) is 7.26. The third kappa shape index (κ3) is 4.28. The van der Waals surface area contributed by atoms with E-state index in [1.807, 2.05) is 61.1 Å². The van der Waals surface area contributed by atoms with E-state index in [4.69, 9.17) is 14.8 Å². The molecular formula is C27H28N8O2. The number of rotatable bonds is 6. The van der Waals surface area contributed by atoms with Crippen LogP contribution < -0.4 is 5.32 Å². The SMILES string of the molecule is CC1C(c2cccc(-c3ccnc(N[C@@H](C)c4ccn5ccnc5c4)n3)n2)=NOC1[C@@H]1CCN(C)C1=O. The normalized spacial score (nSPS) is 22.2. The van der Waals surface area contributed by atoms with Gasteiger partial charge in [0.25, 0.3) is 0 Å². The lowest BCUT2D eigenvalue weighted by Crippen LogP contribution is -2.35. The molecule has 0 bridgehead atoms. The van der Waals surface area contributed by atoms with E-state index in [-0.39, 0.29) is 29.9 Å². The van der Waals surface area contributed by atoms with Crippen molar-refractivity contribution >= 4 is 23.2 Å². The summed E-state index contributed by atoms with van der Waals surface area (Å²) in [6, 6.07) is 11.7. The van der Waals surface area contributed by atoms with Crippen LogP contribution in [0.4, 0.5) is 5.95 Å². The summed E-state index contributed by atoms with van der Waals surface area (Å²) >= 11 is 0. The van der Waals surface area contributed by atoms with E-state index in [0.29, 0.717) is 17.3 Å². The van der Waals surface area contributed by atoms with Gasteiger partial charge in [-0.25, -0.2) is 19.9 Å². The van der Waals surface area contributed by atoms with Gasteiger partial charge in [-0.2, -0.15) is 0 Å². The Balaban J connectivity index is 1.20. The van der Waals surface area contributed by atoms with Crippen LogP contribution in [0.1, 0.15) is 37.6 Å². The molecule has 0 spiro atoms. The summed E-state index contributed by atoms with van der Waals surface area (Å²) in [5, 5.41) is 7.73. The highest BCUT2D eigenvalue weighted by Crippen LogP contribution is 2.33. The quantitative estimate of drug-likeness (QED) is 0.434. The van der Waals surface area contributed by atoms with Gasteiger partial charge in [0.05, 0.1) is 29.0 Å². The Kier molecular flexibility index (Phi) is 5.78. The lowest BCUT2D eigenvalue weighted by atomic mass is 9.87. The van der Waals surface area contributed by atoms with Gasteiger partial charge in [-0.1, -0.05) is 18.1 Å². The highest BCUT2D eigenvalue weighted by atomic mass is 16.6. The number of carbonyl (C=O) groups is 1. The van der Waals surface area contributed by atoms with Crippen LogP contribution in [0.2, 0.25) is 0 Å². The first-order chi connectivity index (χ1) is 18.0. The average molecular weight is 497 g/mol. The number of anilines is 1. The maximum atomic E-state index is 12.5. The van der Waals surface area contributed by atoms with Gasteiger partial charge in [0.1, 0.15) is 17.5 Å². The second-order valence-electron chi connectivity index (χ2n) is 9.68. The Morgan fingerprint density at radius 3 is 2.73 bits per heavy atom. The molecular weight excluding hydrogens is 468 g/mol. The molecule has 6 heterocycles. The zero-order chi connectivity index (χ0) is 25.5. The summed E-state index contributed by atoms with van der Waals surface area (Å²) in [5.41, 5.74) is 4.87. The first-order valence-electron chi connectivity index (χ1n) is 12.5. The van der Waals surface area contributed by atoms with Crippen LogP contribution in [-0.4, -0.2) is 60.6 Å². The predicted molar refractivity (Wildman–Crippen MR) is 139 cm³/mol. The number of pyridine rings is 2. The molecule has 1 N–H and O–H groups in total. The van der Waals surface area contributed by atoms with Crippen LogP contribution in [0.3, 0.4) is 0 Å². The summed E-state index contributed by atoms with van der Waals surface area (Å²) in [6.07, 6.45) is 7.93. The van der Waals surface area contributed by atoms with Crippen molar-refractivity contribution in [3.05, 3.63) is 72.4 Å². The molecule has 4 aromatic rings. The second kappa shape index (κ2) is 9.27. The van der Waals surface area contributed by atoms with Crippen molar-refractivity contribution in [1.82, 2.24) is 29.2 Å². The Morgan fingerprint density at radius 1 is 1.05 bits per heavy atom. The molecule has 2 aliphatic rings. The molecule has 2 unspecified atom stereocenters. The van der Waals surface area contributed by atoms with Crippen LogP contribution in [-0.2, 0) is 9.63 Å². The molecule has 37 heavy (non-hydrogen) atoms. The highest BCUT2D eigenvalue weighted by Gasteiger charge is 2.44. The number of nitrogens with zero attached hydrogens (tertiary/aromatic N) is 7. The Hall–Kier alpha value is -4.34. The highest BCUT2D eigenvalue weighted by molar-refractivity contribution is 6.02. The molecule has 0 radical (unpaired) electrons. The first-order valence-corrected chi connectivity index (χ1v) is 12.5. The number of amides is 1. The van der Waals surface area contributed by atoms with E-state index >= 15 is 0 Å². The fourth-order valence-electron chi connectivity index (χ4n) is 5.07. The van der Waals surface area contributed by atoms with Gasteiger partial charge in [0.15, 0.2) is 0 Å². The third-order valence-electron chi connectivity index (χ3n) is 7.26. The lowest BCUT2D eigenvalue weighted by Gasteiger charge is -2.20. The number of likely N-dealkylation sites (tertiary alicyclic amines) is 1. The number of imidazole rings is 1. The van der Waals surface area contributed by atoms with Gasteiger partial charge >= 0.3 is 0 Å². The van der Waals surface area contributed by atoms with Gasteiger partial charge in [-0.3, -0.25) is 4.79 Å². The van der Waals surface area contributed by atoms with Crippen LogP contribution >= 0.6 is 0 Å². The Labute approximate surface area is 214 Å². The van der Waals surface area contributed by atoms with Crippen LogP contribution in [0.25, 0.3) is 17.0 Å². The minimum atomic E-state index is -0.268. The van der Waals surface area contributed by atoms with Crippen LogP contribution in [0.5, 0.6) is 0 Å². The average Bonchev–Trinajstić information content (AvgIpc) is 3.63. The molecule has 188 valence electrons. The predicted octanol–water partition coefficient (Wildman–Crippen LogP) is 3.58. The molecule has 4 aromatic heterocycles. The Morgan fingerprint density at radius 2 is 1.89 bits per heavy atom. The molecule has 1 saturated heterocycles. The summed E-state index contributed by atoms with van der Waals surface area (Å²) in [4.78, 5) is 38.4. The minimum Gasteiger partial charge on any atom is -0.391 e. The summed E-state index contributed by atoms with van der Waals surface area (Å²) in [7, 11) is 1.83. The van der Waals surface area contributed by atoms with Crippen LogP contribution in [0.15, 0.2) is 66.3 Å². The summed E-state index contributed by atoms with van der Waals surface area (Å²) < 4.78 is 1.97. The number of fused-ring (bicyclic) bond motifs is 1. The van der Waals surface area contributed by atoms with Crippen molar-refractivity contribution in [2.75, 3.05) is 18.9 Å². The fourth-order valence-corrected chi connectivity index (χ4v) is 5.07. The van der Waals surface area contributed by atoms with E-state index in [1.165, 1.54) is 0 Å². The van der Waals surface area contributed by atoms with Crippen molar-refractivity contribution in [3.8, 4) is 11.4 Å². The van der Waals surface area contributed by atoms with Gasteiger partial charge < -0.3 is 19.5 Å². The summed E-state index contributed by atoms with van der Waals surface area (Å²) in [5.74, 6) is 0.421. The number of hydrogen-bond donors (Lipinski definition) is 1. The fraction of sp³-hybridized carbons (Fsp3) is 0.333. The number of aromatic nitrogens is 5. The van der Waals surface area contributed by atoms with Crippen molar-refractivity contribution in [2.24, 2.45) is 17.0 Å². The molecule has 4 atom stereocenters. The molecule has 0 saturated carbocycles. The van der Waals surface area contributed by atoms with Crippen molar-refractivity contribution in [3.63, 3.8) is 0 Å². The van der Waals surface area contributed by atoms with E-state index in [9.17, 15) is 4.79 Å². The largest absolute Gasteiger partial charge is 0.391 e. The molecule has 10 heteroatoms. The molecule has 1 fully saturated rings. The van der Waals surface area contributed by atoms with E-state index in [0.717, 1.165) is 35.6 Å². The van der Waals surface area contributed by atoms with E-state index in [2.05, 4.69) is 33.4 Å². The van der Waals surface area contributed by atoms with Crippen molar-refractivity contribution < 1.29 is 9.63 Å². The van der Waals surface area contributed by atoms with Crippen molar-refractivity contribution in [2.45, 2.75) is 32.4 Å². The number of nitrogens with one attached hydrogen (secondary N) is 1. The topological polar surface area (TPSA) is 110 Å². The maximum absolute atomic E-state index is 12.5. The molecule has 0 aromatic carbocycles. The van der Waals surface area contributed by atoms with Gasteiger partial charge in [0, 0.05) is 44.3 Å². The molecule has 10 nitrogen and oxygen atoms in total. The first kappa shape index (κ1) is 23.1. The molecule has 6 rings (SSSR count). The van der Waals surface area contributed by atoms with E-state index in [1.54, 1.807) is 17.3 Å². The van der Waals surface area contributed by atoms with Gasteiger partial charge in [0.2, 0.25) is 11.9 Å². The number of oxime groups is 1. The second-order valence-corrected chi connectivity index (χ2v) is 9.68. The van der Waals surface area contributed by atoms with Crippen molar-refractivity contribution in [1.29, 1.82) is 0 Å². The molecule has 0 aliphatic carbocycles.